The summed E-state index contributed by atoms with van der Waals surface area (Å²) in [6.45, 7) is 4.94. The Labute approximate surface area is 113 Å². The lowest BCUT2D eigenvalue weighted by Crippen LogP contribution is -2.25. The van der Waals surface area contributed by atoms with Gasteiger partial charge in [0, 0.05) is 5.39 Å². The van der Waals surface area contributed by atoms with Gasteiger partial charge in [0.25, 0.3) is 0 Å². The molecule has 0 unspecified atom stereocenters. The first-order valence-corrected chi connectivity index (χ1v) is 6.56. The minimum atomic E-state index is -0.493. The van der Waals surface area contributed by atoms with Crippen LogP contribution in [0.5, 0.6) is 5.75 Å². The van der Waals surface area contributed by atoms with Gasteiger partial charge in [0.2, 0.25) is 0 Å². The third-order valence-electron chi connectivity index (χ3n) is 3.24. The molecule has 2 aromatic rings. The van der Waals surface area contributed by atoms with E-state index in [1.54, 1.807) is 0 Å². The van der Waals surface area contributed by atoms with Crippen LogP contribution >= 0.6 is 0 Å². The molecule has 0 radical (unpaired) electrons. The van der Waals surface area contributed by atoms with Crippen molar-refractivity contribution in [1.29, 1.82) is 0 Å². The summed E-state index contributed by atoms with van der Waals surface area (Å²) in [5.74, 6) is 0.402. The lowest BCUT2D eigenvalue weighted by molar-refractivity contribution is -0.141. The monoisotopic (exact) mass is 258 g/mol. The van der Waals surface area contributed by atoms with E-state index in [1.807, 2.05) is 38.1 Å². The molecule has 19 heavy (non-hydrogen) atoms. The van der Waals surface area contributed by atoms with Crippen LogP contribution in [-0.2, 0) is 9.47 Å². The van der Waals surface area contributed by atoms with Crippen molar-refractivity contribution in [3.05, 3.63) is 42.5 Å². The Hall–Kier alpha value is -1.58. The van der Waals surface area contributed by atoms with Crippen molar-refractivity contribution in [3.63, 3.8) is 0 Å². The molecule has 1 aliphatic heterocycles. The summed E-state index contributed by atoms with van der Waals surface area (Å²) in [6.07, 6.45) is -0.00558. The SMILES string of the molecule is CC1(C)OC[C@H](COc2cccc3ccccc23)O1. The van der Waals surface area contributed by atoms with Crippen molar-refractivity contribution in [2.24, 2.45) is 0 Å². The van der Waals surface area contributed by atoms with Gasteiger partial charge in [-0.2, -0.15) is 0 Å². The standard InChI is InChI=1S/C16H18O3/c1-16(2)18-11-13(19-16)10-17-15-9-5-7-12-6-3-4-8-14(12)15/h3-9,13H,10-11H2,1-2H3/t13-/m0/s1. The number of benzene rings is 2. The van der Waals surface area contributed by atoms with E-state index < -0.39 is 5.79 Å². The fourth-order valence-electron chi connectivity index (χ4n) is 2.35. The molecule has 0 bridgehead atoms. The molecule has 1 saturated heterocycles. The smallest absolute Gasteiger partial charge is 0.163 e. The molecular weight excluding hydrogens is 240 g/mol. The summed E-state index contributed by atoms with van der Waals surface area (Å²) in [4.78, 5) is 0. The minimum absolute atomic E-state index is 0.00558. The third kappa shape index (κ3) is 2.72. The van der Waals surface area contributed by atoms with E-state index in [2.05, 4.69) is 18.2 Å². The molecule has 0 aromatic heterocycles. The van der Waals surface area contributed by atoms with Crippen LogP contribution in [0.4, 0.5) is 0 Å². The average Bonchev–Trinajstić information content (AvgIpc) is 2.76. The van der Waals surface area contributed by atoms with Crippen LogP contribution in [0.25, 0.3) is 10.8 Å². The molecule has 0 spiro atoms. The maximum Gasteiger partial charge on any atom is 0.163 e. The highest BCUT2D eigenvalue weighted by molar-refractivity contribution is 5.88. The van der Waals surface area contributed by atoms with Crippen molar-refractivity contribution >= 4 is 10.8 Å². The summed E-state index contributed by atoms with van der Waals surface area (Å²) in [6, 6.07) is 14.3. The van der Waals surface area contributed by atoms with E-state index in [1.165, 1.54) is 5.39 Å². The number of rotatable bonds is 3. The van der Waals surface area contributed by atoms with E-state index in [4.69, 9.17) is 14.2 Å². The van der Waals surface area contributed by atoms with Crippen molar-refractivity contribution < 1.29 is 14.2 Å². The topological polar surface area (TPSA) is 27.7 Å². The predicted molar refractivity (Wildman–Crippen MR) is 74.3 cm³/mol. The van der Waals surface area contributed by atoms with Crippen molar-refractivity contribution in [2.45, 2.75) is 25.7 Å². The van der Waals surface area contributed by atoms with Crippen LogP contribution in [-0.4, -0.2) is 25.1 Å². The second-order valence-corrected chi connectivity index (χ2v) is 5.24. The second kappa shape index (κ2) is 4.83. The van der Waals surface area contributed by atoms with Crippen LogP contribution in [0.15, 0.2) is 42.5 Å². The molecule has 0 saturated carbocycles. The summed E-state index contributed by atoms with van der Waals surface area (Å²) < 4.78 is 17.2. The summed E-state index contributed by atoms with van der Waals surface area (Å²) in [7, 11) is 0. The highest BCUT2D eigenvalue weighted by atomic mass is 16.7. The molecule has 1 aliphatic rings. The van der Waals surface area contributed by atoms with E-state index >= 15 is 0 Å². The zero-order valence-corrected chi connectivity index (χ0v) is 11.3. The zero-order chi connectivity index (χ0) is 13.3. The molecule has 2 aromatic carbocycles. The van der Waals surface area contributed by atoms with Crippen LogP contribution in [0.2, 0.25) is 0 Å². The first kappa shape index (κ1) is 12.5. The van der Waals surface area contributed by atoms with Crippen molar-refractivity contribution in [1.82, 2.24) is 0 Å². The molecule has 3 rings (SSSR count). The summed E-state index contributed by atoms with van der Waals surface area (Å²) in [5, 5.41) is 2.31. The average molecular weight is 258 g/mol. The Morgan fingerprint density at radius 3 is 2.74 bits per heavy atom. The van der Waals surface area contributed by atoms with Gasteiger partial charge in [0.05, 0.1) is 6.61 Å². The molecule has 0 N–H and O–H groups in total. The molecule has 1 heterocycles. The Balaban J connectivity index is 1.72. The van der Waals surface area contributed by atoms with Gasteiger partial charge >= 0.3 is 0 Å². The number of hydrogen-bond donors (Lipinski definition) is 0. The Morgan fingerprint density at radius 2 is 1.95 bits per heavy atom. The van der Waals surface area contributed by atoms with E-state index in [0.29, 0.717) is 13.2 Å². The van der Waals surface area contributed by atoms with Gasteiger partial charge in [-0.3, -0.25) is 0 Å². The lowest BCUT2D eigenvalue weighted by atomic mass is 10.1. The summed E-state index contributed by atoms with van der Waals surface area (Å²) in [5.41, 5.74) is 0. The molecule has 1 atom stereocenters. The molecule has 0 amide bonds. The molecule has 3 nitrogen and oxygen atoms in total. The van der Waals surface area contributed by atoms with Gasteiger partial charge in [-0.15, -0.1) is 0 Å². The Morgan fingerprint density at radius 1 is 1.16 bits per heavy atom. The first-order chi connectivity index (χ1) is 9.14. The van der Waals surface area contributed by atoms with Crippen LogP contribution in [0.3, 0.4) is 0 Å². The molecule has 1 fully saturated rings. The molecular formula is C16H18O3. The fraction of sp³-hybridized carbons (Fsp3) is 0.375. The number of fused-ring (bicyclic) bond motifs is 1. The highest BCUT2D eigenvalue weighted by Gasteiger charge is 2.32. The van der Waals surface area contributed by atoms with Gasteiger partial charge in [0.15, 0.2) is 5.79 Å². The molecule has 0 aliphatic carbocycles. The number of hydrogen-bond acceptors (Lipinski definition) is 3. The van der Waals surface area contributed by atoms with Crippen molar-refractivity contribution in [3.8, 4) is 5.75 Å². The highest BCUT2D eigenvalue weighted by Crippen LogP contribution is 2.27. The molecule has 100 valence electrons. The fourth-order valence-corrected chi connectivity index (χ4v) is 2.35. The van der Waals surface area contributed by atoms with Crippen LogP contribution in [0, 0.1) is 0 Å². The van der Waals surface area contributed by atoms with Gasteiger partial charge in [-0.1, -0.05) is 36.4 Å². The maximum atomic E-state index is 5.89. The maximum absolute atomic E-state index is 5.89. The Kier molecular flexibility index (Phi) is 3.17. The minimum Gasteiger partial charge on any atom is -0.490 e. The largest absolute Gasteiger partial charge is 0.490 e. The number of ether oxygens (including phenoxy) is 3. The van der Waals surface area contributed by atoms with Gasteiger partial charge < -0.3 is 14.2 Å². The van der Waals surface area contributed by atoms with E-state index in [9.17, 15) is 0 Å². The van der Waals surface area contributed by atoms with E-state index in [-0.39, 0.29) is 6.10 Å². The summed E-state index contributed by atoms with van der Waals surface area (Å²) >= 11 is 0. The van der Waals surface area contributed by atoms with Gasteiger partial charge in [-0.05, 0) is 25.3 Å². The lowest BCUT2D eigenvalue weighted by Gasteiger charge is -2.17. The first-order valence-electron chi connectivity index (χ1n) is 6.56. The Bertz CT molecular complexity index is 572. The normalized spacial score (nSPS) is 21.7. The van der Waals surface area contributed by atoms with Crippen LogP contribution < -0.4 is 4.74 Å². The molecule has 3 heteroatoms. The van der Waals surface area contributed by atoms with Gasteiger partial charge in [0.1, 0.15) is 18.5 Å². The van der Waals surface area contributed by atoms with E-state index in [0.717, 1.165) is 11.1 Å². The van der Waals surface area contributed by atoms with Crippen molar-refractivity contribution in [2.75, 3.05) is 13.2 Å². The van der Waals surface area contributed by atoms with Gasteiger partial charge in [-0.25, -0.2) is 0 Å². The predicted octanol–water partition coefficient (Wildman–Crippen LogP) is 3.37. The third-order valence-corrected chi connectivity index (χ3v) is 3.24. The van der Waals surface area contributed by atoms with Crippen LogP contribution in [0.1, 0.15) is 13.8 Å². The zero-order valence-electron chi connectivity index (χ0n) is 11.3. The quantitative estimate of drug-likeness (QED) is 0.844. The second-order valence-electron chi connectivity index (χ2n) is 5.24.